The molecule has 6 heteroatoms. The van der Waals surface area contributed by atoms with Crippen LogP contribution in [0.15, 0.2) is 18.3 Å². The molecule has 16 heavy (non-hydrogen) atoms. The largest absolute Gasteiger partial charge is 0.476 e. The molecule has 84 valence electrons. The Bertz CT molecular complexity index is 547. The van der Waals surface area contributed by atoms with E-state index in [4.69, 9.17) is 15.6 Å². The van der Waals surface area contributed by atoms with Crippen LogP contribution in [-0.2, 0) is 11.3 Å². The van der Waals surface area contributed by atoms with Crippen LogP contribution in [0.4, 0.5) is 5.69 Å². The number of carboxylic acid groups (broad SMARTS) is 1. The normalized spacial score (nSPS) is 10.8. The van der Waals surface area contributed by atoms with E-state index in [0.29, 0.717) is 17.0 Å². The van der Waals surface area contributed by atoms with Crippen LogP contribution in [0.5, 0.6) is 0 Å². The van der Waals surface area contributed by atoms with Crippen LogP contribution in [0.25, 0.3) is 5.52 Å². The zero-order valence-electron chi connectivity index (χ0n) is 8.67. The van der Waals surface area contributed by atoms with Gasteiger partial charge in [0.05, 0.1) is 5.52 Å². The summed E-state index contributed by atoms with van der Waals surface area (Å²) in [6, 6.07) is 3.26. The number of aromatic nitrogens is 2. The van der Waals surface area contributed by atoms with Crippen LogP contribution in [0, 0.1) is 0 Å². The molecule has 0 aromatic carbocycles. The second-order valence-electron chi connectivity index (χ2n) is 3.33. The number of rotatable bonds is 3. The fourth-order valence-electron chi connectivity index (χ4n) is 1.55. The van der Waals surface area contributed by atoms with Gasteiger partial charge >= 0.3 is 5.97 Å². The highest BCUT2D eigenvalue weighted by atomic mass is 16.5. The number of anilines is 1. The first-order valence-corrected chi connectivity index (χ1v) is 4.62. The third-order valence-electron chi connectivity index (χ3n) is 2.22. The lowest BCUT2D eigenvalue weighted by Gasteiger charge is -2.00. The Kier molecular flexibility index (Phi) is 2.49. The average Bonchev–Trinajstić information content (AvgIpc) is 2.57. The predicted molar refractivity (Wildman–Crippen MR) is 57.3 cm³/mol. The number of nitrogens with zero attached hydrogens (tertiary/aromatic N) is 2. The van der Waals surface area contributed by atoms with Gasteiger partial charge in [-0.1, -0.05) is 0 Å². The highest BCUT2D eigenvalue weighted by molar-refractivity contribution is 5.94. The van der Waals surface area contributed by atoms with Gasteiger partial charge in [-0.05, 0) is 12.1 Å². The summed E-state index contributed by atoms with van der Waals surface area (Å²) in [6.07, 6.45) is 1.68. The second kappa shape index (κ2) is 3.82. The number of aromatic carboxylic acids is 1. The first kappa shape index (κ1) is 10.4. The number of carboxylic acids is 1. The molecule has 0 bridgehead atoms. The maximum atomic E-state index is 11.0. The summed E-state index contributed by atoms with van der Waals surface area (Å²) in [5.41, 5.74) is 6.57. The number of nitrogen functional groups attached to an aromatic ring is 1. The van der Waals surface area contributed by atoms with Crippen LogP contribution in [0.2, 0.25) is 0 Å². The number of carbonyl (C=O) groups is 1. The topological polar surface area (TPSA) is 89.8 Å². The van der Waals surface area contributed by atoms with E-state index < -0.39 is 5.97 Å². The van der Waals surface area contributed by atoms with Gasteiger partial charge in [-0.25, -0.2) is 9.78 Å². The van der Waals surface area contributed by atoms with Crippen molar-refractivity contribution in [3.63, 3.8) is 0 Å². The number of hydrogen-bond donors (Lipinski definition) is 2. The number of fused-ring (bicyclic) bond motifs is 1. The molecule has 0 aliphatic heterocycles. The van der Waals surface area contributed by atoms with Crippen molar-refractivity contribution in [2.45, 2.75) is 6.61 Å². The second-order valence-corrected chi connectivity index (χ2v) is 3.33. The van der Waals surface area contributed by atoms with E-state index in [9.17, 15) is 4.79 Å². The lowest BCUT2D eigenvalue weighted by Crippen LogP contribution is -1.98. The minimum atomic E-state index is -1.08. The molecule has 0 saturated heterocycles. The fourth-order valence-corrected chi connectivity index (χ4v) is 1.55. The Morgan fingerprint density at radius 2 is 2.44 bits per heavy atom. The Balaban J connectivity index is 2.71. The number of ether oxygens (including phenoxy) is 1. The molecule has 2 rings (SSSR count). The molecule has 2 aromatic heterocycles. The number of imidazole rings is 1. The fraction of sp³-hybridized carbons (Fsp3) is 0.200. The number of methoxy groups -OCH3 is 1. The van der Waals surface area contributed by atoms with Crippen LogP contribution in [0.3, 0.4) is 0 Å². The van der Waals surface area contributed by atoms with Gasteiger partial charge in [0.1, 0.15) is 12.4 Å². The highest BCUT2D eigenvalue weighted by Gasteiger charge is 2.16. The summed E-state index contributed by atoms with van der Waals surface area (Å²) in [7, 11) is 1.53. The third kappa shape index (κ3) is 1.59. The lowest BCUT2D eigenvalue weighted by molar-refractivity contribution is 0.0692. The summed E-state index contributed by atoms with van der Waals surface area (Å²) in [6.45, 7) is 0.248. The third-order valence-corrected chi connectivity index (χ3v) is 2.22. The Morgan fingerprint density at radius 1 is 1.69 bits per heavy atom. The molecule has 0 amide bonds. The quantitative estimate of drug-likeness (QED) is 0.798. The SMILES string of the molecule is COCc1nc(C(=O)O)c2cc(N)ccn12. The molecule has 0 unspecified atom stereocenters. The van der Waals surface area contributed by atoms with Gasteiger partial charge in [0.2, 0.25) is 0 Å². The van der Waals surface area contributed by atoms with Gasteiger partial charge in [-0.15, -0.1) is 0 Å². The van der Waals surface area contributed by atoms with Gasteiger partial charge in [0.25, 0.3) is 0 Å². The van der Waals surface area contributed by atoms with Crippen molar-refractivity contribution in [3.05, 3.63) is 29.8 Å². The zero-order chi connectivity index (χ0) is 11.7. The monoisotopic (exact) mass is 221 g/mol. The van der Waals surface area contributed by atoms with Crippen molar-refractivity contribution in [2.24, 2.45) is 0 Å². The van der Waals surface area contributed by atoms with Crippen LogP contribution in [0.1, 0.15) is 16.3 Å². The molecule has 3 N–H and O–H groups in total. The van der Waals surface area contributed by atoms with Crippen molar-refractivity contribution in [2.75, 3.05) is 12.8 Å². The van der Waals surface area contributed by atoms with Gasteiger partial charge < -0.3 is 20.0 Å². The zero-order valence-corrected chi connectivity index (χ0v) is 8.67. The molecule has 2 aromatic rings. The molecular formula is C10H11N3O3. The minimum absolute atomic E-state index is 0.0145. The standard InChI is InChI=1S/C10H11N3O3/c1-16-5-8-12-9(10(14)15)7-4-6(11)2-3-13(7)8/h2-4H,5,11H2,1H3,(H,14,15). The van der Waals surface area contributed by atoms with Crippen molar-refractivity contribution in [1.82, 2.24) is 9.38 Å². The highest BCUT2D eigenvalue weighted by Crippen LogP contribution is 2.16. The summed E-state index contributed by atoms with van der Waals surface area (Å²) < 4.78 is 6.61. The Labute approximate surface area is 91.3 Å². The van der Waals surface area contributed by atoms with E-state index in [1.54, 1.807) is 22.7 Å². The van der Waals surface area contributed by atoms with Crippen molar-refractivity contribution in [1.29, 1.82) is 0 Å². The molecule has 2 heterocycles. The molecule has 0 radical (unpaired) electrons. The summed E-state index contributed by atoms with van der Waals surface area (Å²) in [5, 5.41) is 9.00. The van der Waals surface area contributed by atoms with E-state index in [0.717, 1.165) is 0 Å². The summed E-state index contributed by atoms with van der Waals surface area (Å²) in [5.74, 6) is -0.541. The van der Waals surface area contributed by atoms with Crippen molar-refractivity contribution < 1.29 is 14.6 Å². The predicted octanol–water partition coefficient (Wildman–Crippen LogP) is 0.761. The molecule has 6 nitrogen and oxygen atoms in total. The maximum Gasteiger partial charge on any atom is 0.356 e. The maximum absolute atomic E-state index is 11.0. The molecule has 0 spiro atoms. The van der Waals surface area contributed by atoms with Gasteiger partial charge in [0.15, 0.2) is 5.69 Å². The molecule has 0 fully saturated rings. The smallest absolute Gasteiger partial charge is 0.356 e. The van der Waals surface area contributed by atoms with Gasteiger partial charge in [-0.3, -0.25) is 0 Å². The first-order chi connectivity index (χ1) is 7.63. The average molecular weight is 221 g/mol. The Morgan fingerprint density at radius 3 is 3.06 bits per heavy atom. The summed E-state index contributed by atoms with van der Waals surface area (Å²) >= 11 is 0. The molecule has 0 aliphatic rings. The van der Waals surface area contributed by atoms with Crippen LogP contribution < -0.4 is 5.73 Å². The van der Waals surface area contributed by atoms with Crippen molar-refractivity contribution >= 4 is 17.2 Å². The molecule has 0 saturated carbocycles. The van der Waals surface area contributed by atoms with Crippen molar-refractivity contribution in [3.8, 4) is 0 Å². The molecule has 0 atom stereocenters. The Hall–Kier alpha value is -2.08. The molecular weight excluding hydrogens is 210 g/mol. The minimum Gasteiger partial charge on any atom is -0.476 e. The van der Waals surface area contributed by atoms with E-state index in [1.165, 1.54) is 7.11 Å². The number of nitrogens with two attached hydrogens (primary N) is 1. The van der Waals surface area contributed by atoms with Crippen LogP contribution in [-0.4, -0.2) is 27.6 Å². The van der Waals surface area contributed by atoms with Gasteiger partial charge in [0, 0.05) is 19.0 Å². The van der Waals surface area contributed by atoms with E-state index in [2.05, 4.69) is 4.98 Å². The van der Waals surface area contributed by atoms with E-state index >= 15 is 0 Å². The number of hydrogen-bond acceptors (Lipinski definition) is 4. The van der Waals surface area contributed by atoms with Crippen LogP contribution >= 0.6 is 0 Å². The van der Waals surface area contributed by atoms with E-state index in [1.807, 2.05) is 0 Å². The number of pyridine rings is 1. The summed E-state index contributed by atoms with van der Waals surface area (Å²) in [4.78, 5) is 15.0. The van der Waals surface area contributed by atoms with Gasteiger partial charge in [-0.2, -0.15) is 0 Å². The lowest BCUT2D eigenvalue weighted by atomic mass is 10.3. The molecule has 0 aliphatic carbocycles. The first-order valence-electron chi connectivity index (χ1n) is 4.62. The van der Waals surface area contributed by atoms with E-state index in [-0.39, 0.29) is 12.3 Å².